The van der Waals surface area contributed by atoms with Crippen LogP contribution in [0.4, 0.5) is 0 Å². The number of aliphatic hydroxyl groups is 5. The SMILES string of the molecule is [2H]N(CC)C(O)C[C@@H](O)[C@H](O)[C@H](O)CO. The zero-order valence-corrected chi connectivity index (χ0v) is 8.11. The topological polar surface area (TPSA) is 113 Å². The summed E-state index contributed by atoms with van der Waals surface area (Å²) >= 11 is 0. The van der Waals surface area contributed by atoms with E-state index in [1.807, 2.05) is 0 Å². The number of aliphatic hydroxyl groups excluding tert-OH is 5. The molecular formula is C8H19NO5. The van der Waals surface area contributed by atoms with E-state index in [1.54, 1.807) is 6.92 Å². The van der Waals surface area contributed by atoms with E-state index >= 15 is 0 Å². The Morgan fingerprint density at radius 2 is 1.79 bits per heavy atom. The van der Waals surface area contributed by atoms with Gasteiger partial charge in [0, 0.05) is 6.42 Å². The van der Waals surface area contributed by atoms with Crippen molar-refractivity contribution in [3.05, 3.63) is 0 Å². The maximum atomic E-state index is 9.34. The molecule has 0 aromatic rings. The summed E-state index contributed by atoms with van der Waals surface area (Å²) in [4.78, 5) is 0. The summed E-state index contributed by atoms with van der Waals surface area (Å²) in [6.45, 7) is 1.25. The van der Waals surface area contributed by atoms with Crippen LogP contribution in [0.15, 0.2) is 0 Å². The molecule has 6 N–H and O–H groups in total. The summed E-state index contributed by atoms with van der Waals surface area (Å²) in [7, 11) is 0. The zero-order chi connectivity index (χ0) is 12.0. The molecule has 0 rings (SSSR count). The number of rotatable bonds is 7. The first-order valence-electron chi connectivity index (χ1n) is 4.97. The fourth-order valence-electron chi connectivity index (χ4n) is 1.01. The smallest absolute Gasteiger partial charge is 0.125 e. The highest BCUT2D eigenvalue weighted by molar-refractivity contribution is 4.76. The van der Waals surface area contributed by atoms with Crippen molar-refractivity contribution in [2.24, 2.45) is 0 Å². The van der Waals surface area contributed by atoms with Gasteiger partial charge in [-0.25, -0.2) is 0 Å². The van der Waals surface area contributed by atoms with E-state index in [-0.39, 0.29) is 13.0 Å². The molecule has 0 fully saturated rings. The Bertz CT molecular complexity index is 173. The maximum Gasteiger partial charge on any atom is 0.125 e. The molecule has 0 saturated heterocycles. The summed E-state index contributed by atoms with van der Waals surface area (Å²) < 4.78 is 7.19. The number of hydrogen-bond donors (Lipinski definition) is 6. The molecule has 0 spiro atoms. The number of nitrogens with one attached hydrogen (secondary N) is 1. The lowest BCUT2D eigenvalue weighted by Crippen LogP contribution is -2.43. The third-order valence-corrected chi connectivity index (χ3v) is 1.82. The summed E-state index contributed by atoms with van der Waals surface area (Å²) in [6.07, 6.45) is -5.86. The van der Waals surface area contributed by atoms with Crippen molar-refractivity contribution in [3.63, 3.8) is 0 Å². The third kappa shape index (κ3) is 4.85. The van der Waals surface area contributed by atoms with Gasteiger partial charge in [0.1, 0.15) is 19.8 Å². The monoisotopic (exact) mass is 210 g/mol. The second-order valence-electron chi connectivity index (χ2n) is 3.02. The van der Waals surface area contributed by atoms with Crippen LogP contribution in [0.2, 0.25) is 1.41 Å². The van der Waals surface area contributed by atoms with Gasteiger partial charge in [0.25, 0.3) is 0 Å². The van der Waals surface area contributed by atoms with Crippen molar-refractivity contribution >= 4 is 0 Å². The average molecular weight is 210 g/mol. The van der Waals surface area contributed by atoms with Crippen LogP contribution < -0.4 is 5.31 Å². The third-order valence-electron chi connectivity index (χ3n) is 1.82. The molecule has 0 saturated carbocycles. The maximum absolute atomic E-state index is 9.34. The molecule has 0 radical (unpaired) electrons. The van der Waals surface area contributed by atoms with E-state index < -0.39 is 31.1 Å². The Kier molecular flexibility index (Phi) is 6.00. The van der Waals surface area contributed by atoms with E-state index in [0.29, 0.717) is 0 Å². The van der Waals surface area contributed by atoms with Crippen molar-refractivity contribution in [3.8, 4) is 0 Å². The molecule has 0 amide bonds. The Labute approximate surface area is 84.3 Å². The molecule has 1 unspecified atom stereocenters. The van der Waals surface area contributed by atoms with Crippen LogP contribution in [-0.4, -0.2) is 63.2 Å². The van der Waals surface area contributed by atoms with Gasteiger partial charge in [-0.3, -0.25) is 5.31 Å². The van der Waals surface area contributed by atoms with Crippen LogP contribution >= 0.6 is 0 Å². The van der Waals surface area contributed by atoms with Gasteiger partial charge in [0.05, 0.1) is 12.7 Å². The van der Waals surface area contributed by atoms with Gasteiger partial charge in [0.2, 0.25) is 0 Å². The lowest BCUT2D eigenvalue weighted by atomic mass is 10.1. The van der Waals surface area contributed by atoms with Gasteiger partial charge in [-0.2, -0.15) is 0 Å². The molecule has 6 heteroatoms. The van der Waals surface area contributed by atoms with Crippen LogP contribution in [0.25, 0.3) is 0 Å². The molecule has 0 heterocycles. The molecule has 0 aliphatic carbocycles. The van der Waals surface area contributed by atoms with Crippen molar-refractivity contribution < 1.29 is 26.9 Å². The predicted octanol–water partition coefficient (Wildman–Crippen LogP) is -2.62. The molecule has 6 nitrogen and oxygen atoms in total. The fraction of sp³-hybridized carbons (Fsp3) is 1.00. The van der Waals surface area contributed by atoms with E-state index in [0.717, 1.165) is 5.31 Å². The Balaban J connectivity index is 4.06. The Morgan fingerprint density at radius 1 is 1.21 bits per heavy atom. The van der Waals surface area contributed by atoms with Crippen LogP contribution in [-0.2, 0) is 0 Å². The van der Waals surface area contributed by atoms with Crippen molar-refractivity contribution in [2.75, 3.05) is 13.2 Å². The van der Waals surface area contributed by atoms with Gasteiger partial charge in [-0.15, -0.1) is 0 Å². The lowest BCUT2D eigenvalue weighted by Gasteiger charge is -2.23. The first-order chi connectivity index (χ1) is 6.93. The largest absolute Gasteiger partial charge is 0.394 e. The predicted molar refractivity (Wildman–Crippen MR) is 49.4 cm³/mol. The highest BCUT2D eigenvalue weighted by Gasteiger charge is 2.25. The molecule has 0 aromatic carbocycles. The summed E-state index contributed by atoms with van der Waals surface area (Å²) in [5.41, 5.74) is 0. The molecule has 0 bridgehead atoms. The first kappa shape index (κ1) is 11.8. The Hall–Kier alpha value is -0.240. The van der Waals surface area contributed by atoms with E-state index in [9.17, 15) is 15.3 Å². The standard InChI is InChI=1S/C8H19NO5/c1-2-9-7(13)3-5(11)8(14)6(12)4-10/h5-14H,2-4H2,1H3/t5-,6-,7?,8+/m1/s1/i/hD. The zero-order valence-electron chi connectivity index (χ0n) is 9.11. The highest BCUT2D eigenvalue weighted by atomic mass is 16.4. The van der Waals surface area contributed by atoms with Gasteiger partial charge < -0.3 is 25.5 Å². The first-order valence-corrected chi connectivity index (χ1v) is 4.52. The fourth-order valence-corrected chi connectivity index (χ4v) is 1.01. The molecular weight excluding hydrogens is 190 g/mol. The van der Waals surface area contributed by atoms with Crippen LogP contribution in [0, 0.1) is 0 Å². The van der Waals surface area contributed by atoms with Crippen molar-refractivity contribution in [2.45, 2.75) is 37.9 Å². The highest BCUT2D eigenvalue weighted by Crippen LogP contribution is 2.05. The van der Waals surface area contributed by atoms with Gasteiger partial charge in [-0.05, 0) is 6.54 Å². The van der Waals surface area contributed by atoms with Crippen LogP contribution in [0.5, 0.6) is 0 Å². The summed E-state index contributed by atoms with van der Waals surface area (Å²) in [6, 6.07) is 0. The van der Waals surface area contributed by atoms with Crippen molar-refractivity contribution in [1.82, 2.24) is 5.31 Å². The minimum Gasteiger partial charge on any atom is -0.394 e. The summed E-state index contributed by atoms with van der Waals surface area (Å²) in [5.74, 6) is 0. The molecule has 14 heavy (non-hydrogen) atoms. The van der Waals surface area contributed by atoms with Crippen molar-refractivity contribution in [1.29, 1.82) is 0 Å². The molecule has 0 aromatic heterocycles. The second kappa shape index (κ2) is 7.10. The Morgan fingerprint density at radius 3 is 2.21 bits per heavy atom. The normalized spacial score (nSPS) is 21.5. The van der Waals surface area contributed by atoms with E-state index in [4.69, 9.17) is 11.6 Å². The molecule has 86 valence electrons. The quantitative estimate of drug-likeness (QED) is 0.256. The van der Waals surface area contributed by atoms with Crippen LogP contribution in [0.1, 0.15) is 13.3 Å². The molecule has 0 aliphatic heterocycles. The van der Waals surface area contributed by atoms with Crippen LogP contribution in [0.3, 0.4) is 0 Å². The minimum atomic E-state index is -1.53. The summed E-state index contributed by atoms with van der Waals surface area (Å²) in [5, 5.41) is 46.2. The van der Waals surface area contributed by atoms with Gasteiger partial charge in [0.15, 0.2) is 0 Å². The average Bonchev–Trinajstić information content (AvgIpc) is 2.25. The molecule has 0 aliphatic rings. The van der Waals surface area contributed by atoms with E-state index in [1.165, 1.54) is 0 Å². The lowest BCUT2D eigenvalue weighted by molar-refractivity contribution is -0.0898. The van der Waals surface area contributed by atoms with E-state index in [2.05, 4.69) is 0 Å². The number of hydrogen-bond acceptors (Lipinski definition) is 6. The minimum absolute atomic E-state index is 0.268. The van der Waals surface area contributed by atoms with Gasteiger partial charge >= 0.3 is 0 Å². The van der Waals surface area contributed by atoms with Gasteiger partial charge in [-0.1, -0.05) is 6.92 Å². The second-order valence-corrected chi connectivity index (χ2v) is 3.02. The molecule has 4 atom stereocenters.